The summed E-state index contributed by atoms with van der Waals surface area (Å²) in [7, 11) is 1.66. The molecule has 2 aromatic carbocycles. The van der Waals surface area contributed by atoms with Crippen molar-refractivity contribution in [3.05, 3.63) is 71.9 Å². The van der Waals surface area contributed by atoms with E-state index in [4.69, 9.17) is 5.10 Å². The van der Waals surface area contributed by atoms with Crippen molar-refractivity contribution in [1.82, 2.24) is 19.6 Å². The monoisotopic (exact) mass is 404 g/mol. The second-order valence-corrected chi connectivity index (χ2v) is 7.27. The first-order valence-electron chi connectivity index (χ1n) is 10.2. The predicted octanol–water partition coefficient (Wildman–Crippen LogP) is 3.79. The van der Waals surface area contributed by atoms with Crippen molar-refractivity contribution in [2.45, 2.75) is 20.8 Å². The number of hydrogen-bond donors (Lipinski definition) is 0. The van der Waals surface area contributed by atoms with E-state index in [1.165, 1.54) is 4.90 Å². The molecule has 0 fully saturated rings. The van der Waals surface area contributed by atoms with E-state index in [0.717, 1.165) is 16.8 Å². The van der Waals surface area contributed by atoms with Gasteiger partial charge in [-0.2, -0.15) is 5.10 Å². The topological polar surface area (TPSA) is 58.4 Å². The van der Waals surface area contributed by atoms with Gasteiger partial charge in [0.25, 0.3) is 5.91 Å². The number of likely N-dealkylation sites (N-methyl/N-ethyl adjacent to an activating group) is 2. The molecule has 0 saturated carbocycles. The highest BCUT2D eigenvalue weighted by Gasteiger charge is 2.24. The van der Waals surface area contributed by atoms with Gasteiger partial charge in [0.15, 0.2) is 0 Å². The fourth-order valence-corrected chi connectivity index (χ4v) is 3.41. The van der Waals surface area contributed by atoms with Crippen molar-refractivity contribution in [2.24, 2.45) is 0 Å². The number of benzene rings is 2. The van der Waals surface area contributed by atoms with Gasteiger partial charge in [-0.05, 0) is 39.0 Å². The van der Waals surface area contributed by atoms with Crippen LogP contribution in [-0.2, 0) is 4.79 Å². The Bertz CT molecular complexity index is 1020. The Hall–Kier alpha value is -3.41. The third-order valence-corrected chi connectivity index (χ3v) is 5.09. The van der Waals surface area contributed by atoms with Crippen LogP contribution in [0.15, 0.2) is 60.8 Å². The van der Waals surface area contributed by atoms with Gasteiger partial charge in [-0.1, -0.05) is 42.0 Å². The summed E-state index contributed by atoms with van der Waals surface area (Å²) >= 11 is 0. The number of para-hydroxylation sites is 1. The number of aromatic nitrogens is 2. The Labute approximate surface area is 177 Å². The van der Waals surface area contributed by atoms with Crippen LogP contribution in [0.1, 0.15) is 29.8 Å². The van der Waals surface area contributed by atoms with Gasteiger partial charge in [0.05, 0.1) is 17.8 Å². The summed E-state index contributed by atoms with van der Waals surface area (Å²) in [5, 5.41) is 4.72. The van der Waals surface area contributed by atoms with Crippen molar-refractivity contribution in [3.8, 4) is 16.9 Å². The van der Waals surface area contributed by atoms with Crippen LogP contribution < -0.4 is 0 Å². The fourth-order valence-electron chi connectivity index (χ4n) is 3.41. The summed E-state index contributed by atoms with van der Waals surface area (Å²) in [4.78, 5) is 29.0. The van der Waals surface area contributed by atoms with Crippen molar-refractivity contribution < 1.29 is 9.59 Å². The van der Waals surface area contributed by atoms with Gasteiger partial charge in [-0.15, -0.1) is 0 Å². The van der Waals surface area contributed by atoms with Crippen molar-refractivity contribution in [2.75, 3.05) is 26.7 Å². The number of carbonyl (C=O) groups excluding carboxylic acids is 2. The number of hydrogen-bond acceptors (Lipinski definition) is 3. The first-order valence-corrected chi connectivity index (χ1v) is 10.2. The summed E-state index contributed by atoms with van der Waals surface area (Å²) in [5.74, 6) is -0.294. The lowest BCUT2D eigenvalue weighted by atomic mass is 10.1. The van der Waals surface area contributed by atoms with Crippen LogP contribution in [-0.4, -0.2) is 58.1 Å². The number of aryl methyl sites for hydroxylation is 1. The molecule has 0 N–H and O–H groups in total. The molecule has 1 heterocycles. The van der Waals surface area contributed by atoms with Gasteiger partial charge in [0.1, 0.15) is 5.69 Å². The molecule has 156 valence electrons. The predicted molar refractivity (Wildman–Crippen MR) is 119 cm³/mol. The maximum atomic E-state index is 13.3. The maximum Gasteiger partial charge on any atom is 0.257 e. The van der Waals surface area contributed by atoms with Gasteiger partial charge in [0.2, 0.25) is 5.91 Å². The highest BCUT2D eigenvalue weighted by atomic mass is 16.2. The molecule has 0 radical (unpaired) electrons. The first-order chi connectivity index (χ1) is 14.4. The van der Waals surface area contributed by atoms with Gasteiger partial charge in [0, 0.05) is 31.9 Å². The Kier molecular flexibility index (Phi) is 6.67. The summed E-state index contributed by atoms with van der Waals surface area (Å²) < 4.78 is 1.71. The zero-order valence-electron chi connectivity index (χ0n) is 18.0. The van der Waals surface area contributed by atoms with E-state index in [0.29, 0.717) is 24.3 Å². The SMILES string of the molecule is CCN(CC)C(=O)CN(C)C(=O)c1cn(-c2ccccc2)nc1-c1cccc(C)c1. The van der Waals surface area contributed by atoms with Gasteiger partial charge in [-0.3, -0.25) is 9.59 Å². The molecule has 0 aliphatic heterocycles. The third-order valence-electron chi connectivity index (χ3n) is 5.09. The molecule has 3 aromatic rings. The molecule has 0 unspecified atom stereocenters. The Morgan fingerprint density at radius 2 is 1.70 bits per heavy atom. The van der Waals surface area contributed by atoms with Gasteiger partial charge < -0.3 is 9.80 Å². The minimum atomic E-state index is -0.228. The van der Waals surface area contributed by atoms with Crippen LogP contribution in [0.5, 0.6) is 0 Å². The molecule has 6 nitrogen and oxygen atoms in total. The molecule has 6 heteroatoms. The van der Waals surface area contributed by atoms with E-state index in [-0.39, 0.29) is 18.4 Å². The fraction of sp³-hybridized carbons (Fsp3) is 0.292. The van der Waals surface area contributed by atoms with Gasteiger partial charge >= 0.3 is 0 Å². The second kappa shape index (κ2) is 9.39. The smallest absolute Gasteiger partial charge is 0.257 e. The Morgan fingerprint density at radius 1 is 1.00 bits per heavy atom. The molecule has 0 aliphatic carbocycles. The number of amides is 2. The average molecular weight is 405 g/mol. The lowest BCUT2D eigenvalue weighted by molar-refractivity contribution is -0.131. The highest BCUT2D eigenvalue weighted by Crippen LogP contribution is 2.25. The Balaban J connectivity index is 1.98. The third kappa shape index (κ3) is 4.59. The normalized spacial score (nSPS) is 10.7. The van der Waals surface area contributed by atoms with E-state index in [1.54, 1.807) is 22.8 Å². The summed E-state index contributed by atoms with van der Waals surface area (Å²) in [6, 6.07) is 17.6. The van der Waals surface area contributed by atoms with Crippen LogP contribution in [0.4, 0.5) is 0 Å². The van der Waals surface area contributed by atoms with E-state index in [9.17, 15) is 9.59 Å². The van der Waals surface area contributed by atoms with E-state index in [2.05, 4.69) is 0 Å². The molecule has 0 spiro atoms. The largest absolute Gasteiger partial charge is 0.342 e. The molecule has 3 rings (SSSR count). The molecule has 1 aromatic heterocycles. The standard InChI is InChI=1S/C24H28N4O2/c1-5-27(6-2)22(29)17-26(4)24(30)21-16-28(20-13-8-7-9-14-20)25-23(21)19-12-10-11-18(3)15-19/h7-16H,5-6,17H2,1-4H3. The van der Waals surface area contributed by atoms with Crippen LogP contribution in [0.3, 0.4) is 0 Å². The lowest BCUT2D eigenvalue weighted by Gasteiger charge is -2.23. The summed E-state index contributed by atoms with van der Waals surface area (Å²) in [6.07, 6.45) is 1.74. The Morgan fingerprint density at radius 3 is 2.33 bits per heavy atom. The van der Waals surface area contributed by atoms with E-state index >= 15 is 0 Å². The molecule has 30 heavy (non-hydrogen) atoms. The van der Waals surface area contributed by atoms with E-state index in [1.807, 2.05) is 75.4 Å². The second-order valence-electron chi connectivity index (χ2n) is 7.27. The number of carbonyl (C=O) groups is 2. The average Bonchev–Trinajstić information content (AvgIpc) is 3.20. The zero-order chi connectivity index (χ0) is 21.7. The van der Waals surface area contributed by atoms with Crippen molar-refractivity contribution in [3.63, 3.8) is 0 Å². The highest BCUT2D eigenvalue weighted by molar-refractivity contribution is 6.01. The van der Waals surface area contributed by atoms with Crippen molar-refractivity contribution >= 4 is 11.8 Å². The first kappa shape index (κ1) is 21.3. The van der Waals surface area contributed by atoms with E-state index < -0.39 is 0 Å². The molecular formula is C24H28N4O2. The minimum Gasteiger partial charge on any atom is -0.342 e. The van der Waals surface area contributed by atoms with Crippen molar-refractivity contribution in [1.29, 1.82) is 0 Å². The lowest BCUT2D eigenvalue weighted by Crippen LogP contribution is -2.41. The number of rotatable bonds is 7. The molecule has 0 aliphatic rings. The molecule has 0 saturated heterocycles. The quantitative estimate of drug-likeness (QED) is 0.602. The van der Waals surface area contributed by atoms with Crippen LogP contribution in [0.25, 0.3) is 16.9 Å². The van der Waals surface area contributed by atoms with Crippen LogP contribution >= 0.6 is 0 Å². The molecule has 0 bridgehead atoms. The zero-order valence-corrected chi connectivity index (χ0v) is 18.0. The van der Waals surface area contributed by atoms with Crippen LogP contribution in [0.2, 0.25) is 0 Å². The summed E-state index contributed by atoms with van der Waals surface area (Å²) in [5.41, 5.74) is 3.91. The minimum absolute atomic E-state index is 0.0320. The maximum absolute atomic E-state index is 13.3. The van der Waals surface area contributed by atoms with Gasteiger partial charge in [-0.25, -0.2) is 4.68 Å². The molecule has 0 atom stereocenters. The summed E-state index contributed by atoms with van der Waals surface area (Å²) in [6.45, 7) is 7.15. The van der Waals surface area contributed by atoms with Crippen LogP contribution in [0, 0.1) is 6.92 Å². The molecular weight excluding hydrogens is 376 g/mol. The number of nitrogens with zero attached hydrogens (tertiary/aromatic N) is 4. The molecule has 2 amide bonds.